The van der Waals surface area contributed by atoms with Crippen LogP contribution in [0, 0.1) is 6.92 Å². The number of nitrogens with zero attached hydrogens (tertiary/aromatic N) is 1. The van der Waals surface area contributed by atoms with Gasteiger partial charge < -0.3 is 19.5 Å². The van der Waals surface area contributed by atoms with E-state index in [1.165, 1.54) is 0 Å². The summed E-state index contributed by atoms with van der Waals surface area (Å²) in [6.07, 6.45) is 1.61. The van der Waals surface area contributed by atoms with Gasteiger partial charge in [-0.25, -0.2) is 0 Å². The highest BCUT2D eigenvalue weighted by Gasteiger charge is 2.17. The van der Waals surface area contributed by atoms with Gasteiger partial charge >= 0.3 is 0 Å². The van der Waals surface area contributed by atoms with Gasteiger partial charge in [0.05, 0.1) is 12.8 Å². The molecule has 1 amide bonds. The van der Waals surface area contributed by atoms with Crippen LogP contribution < -0.4 is 5.73 Å². The molecule has 2 N–H and O–H groups in total. The van der Waals surface area contributed by atoms with E-state index in [4.69, 9.17) is 14.6 Å². The number of amides is 1. The van der Waals surface area contributed by atoms with E-state index in [2.05, 4.69) is 0 Å². The minimum atomic E-state index is -0.171. The van der Waals surface area contributed by atoms with Gasteiger partial charge in [-0.3, -0.25) is 4.79 Å². The molecule has 5 nitrogen and oxygen atoms in total. The summed E-state index contributed by atoms with van der Waals surface area (Å²) in [5, 5.41) is 0. The summed E-state index contributed by atoms with van der Waals surface area (Å²) < 4.78 is 10.5. The normalized spacial score (nSPS) is 10.6. The number of rotatable bonds is 4. The first-order valence-corrected chi connectivity index (χ1v) is 5.69. The molecule has 0 aliphatic rings. The second kappa shape index (κ2) is 5.10. The molecule has 2 aromatic rings. The molecule has 2 rings (SSSR count). The van der Waals surface area contributed by atoms with E-state index in [0.717, 1.165) is 11.3 Å². The largest absolute Gasteiger partial charge is 0.469 e. The maximum absolute atomic E-state index is 12.1. The monoisotopic (exact) mass is 248 g/mol. The van der Waals surface area contributed by atoms with E-state index in [-0.39, 0.29) is 12.5 Å². The number of hydrogen-bond acceptors (Lipinski definition) is 4. The minimum absolute atomic E-state index is 0.171. The third-order valence-corrected chi connectivity index (χ3v) is 2.79. The molecule has 0 unspecified atom stereocenters. The predicted molar refractivity (Wildman–Crippen MR) is 65.8 cm³/mol. The van der Waals surface area contributed by atoms with E-state index in [1.807, 2.05) is 13.0 Å². The lowest BCUT2D eigenvalue weighted by Gasteiger charge is -2.15. The van der Waals surface area contributed by atoms with Crippen molar-refractivity contribution in [3.05, 3.63) is 47.3 Å². The van der Waals surface area contributed by atoms with Crippen molar-refractivity contribution in [2.75, 3.05) is 7.05 Å². The molecule has 0 spiro atoms. The van der Waals surface area contributed by atoms with Gasteiger partial charge in [0.1, 0.15) is 11.5 Å². The number of aryl methyl sites for hydroxylation is 1. The zero-order chi connectivity index (χ0) is 13.1. The van der Waals surface area contributed by atoms with Gasteiger partial charge in [0.25, 0.3) is 5.91 Å². The van der Waals surface area contributed by atoms with Crippen LogP contribution in [0.25, 0.3) is 0 Å². The lowest BCUT2D eigenvalue weighted by Crippen LogP contribution is -2.25. The van der Waals surface area contributed by atoms with Gasteiger partial charge in [-0.2, -0.15) is 0 Å². The zero-order valence-electron chi connectivity index (χ0n) is 10.5. The summed E-state index contributed by atoms with van der Waals surface area (Å²) >= 11 is 0. The Morgan fingerprint density at radius 3 is 2.72 bits per heavy atom. The number of nitrogens with two attached hydrogens (primary N) is 1. The Morgan fingerprint density at radius 1 is 1.39 bits per heavy atom. The van der Waals surface area contributed by atoms with Crippen LogP contribution >= 0.6 is 0 Å². The van der Waals surface area contributed by atoms with Crippen molar-refractivity contribution in [2.45, 2.75) is 20.0 Å². The maximum atomic E-state index is 12.1. The minimum Gasteiger partial charge on any atom is -0.469 e. The highest BCUT2D eigenvalue weighted by Crippen LogP contribution is 2.14. The van der Waals surface area contributed by atoms with Crippen molar-refractivity contribution >= 4 is 5.91 Å². The number of hydrogen-bond donors (Lipinski definition) is 1. The number of carbonyl (C=O) groups excluding carboxylic acids is 1. The third-order valence-electron chi connectivity index (χ3n) is 2.79. The number of furan rings is 2. The highest BCUT2D eigenvalue weighted by atomic mass is 16.4. The van der Waals surface area contributed by atoms with Crippen molar-refractivity contribution in [3.8, 4) is 0 Å². The summed E-state index contributed by atoms with van der Waals surface area (Å²) in [6.45, 7) is 2.64. The third kappa shape index (κ3) is 2.46. The lowest BCUT2D eigenvalue weighted by atomic mass is 10.2. The second-order valence-corrected chi connectivity index (χ2v) is 4.13. The van der Waals surface area contributed by atoms with Gasteiger partial charge in [-0.1, -0.05) is 0 Å². The summed E-state index contributed by atoms with van der Waals surface area (Å²) in [5.74, 6) is 1.55. The zero-order valence-corrected chi connectivity index (χ0v) is 10.5. The summed E-state index contributed by atoms with van der Waals surface area (Å²) in [5.41, 5.74) is 6.42. The first-order chi connectivity index (χ1) is 8.61. The molecule has 2 heterocycles. The molecule has 0 aliphatic carbocycles. The van der Waals surface area contributed by atoms with Crippen LogP contribution in [-0.2, 0) is 13.1 Å². The van der Waals surface area contributed by atoms with Crippen LogP contribution in [0.1, 0.15) is 27.6 Å². The lowest BCUT2D eigenvalue weighted by molar-refractivity contribution is 0.0751. The van der Waals surface area contributed by atoms with Crippen LogP contribution in [-0.4, -0.2) is 17.9 Å². The van der Waals surface area contributed by atoms with Gasteiger partial charge in [0.15, 0.2) is 5.76 Å². The molecule has 18 heavy (non-hydrogen) atoms. The van der Waals surface area contributed by atoms with E-state index in [1.54, 1.807) is 30.3 Å². The molecular formula is C13H16N2O3. The van der Waals surface area contributed by atoms with Crippen LogP contribution in [0.3, 0.4) is 0 Å². The molecule has 5 heteroatoms. The first-order valence-electron chi connectivity index (χ1n) is 5.69. The molecule has 0 aliphatic heterocycles. The molecule has 2 aromatic heterocycles. The fraction of sp³-hybridized carbons (Fsp3) is 0.308. The highest BCUT2D eigenvalue weighted by molar-refractivity contribution is 5.91. The van der Waals surface area contributed by atoms with E-state index < -0.39 is 0 Å². The molecule has 0 fully saturated rings. The van der Waals surface area contributed by atoms with Gasteiger partial charge in [0, 0.05) is 19.2 Å². The summed E-state index contributed by atoms with van der Waals surface area (Å²) in [6, 6.07) is 5.21. The maximum Gasteiger partial charge on any atom is 0.289 e. The van der Waals surface area contributed by atoms with E-state index in [0.29, 0.717) is 18.1 Å². The fourth-order valence-corrected chi connectivity index (χ4v) is 1.69. The quantitative estimate of drug-likeness (QED) is 0.897. The standard InChI is InChI=1S/C13H16N2O3/c1-9-10(5-6-17-9)8-15(2)13(16)12-4-3-11(7-14)18-12/h3-6H,7-8,14H2,1-2H3. The molecule has 0 aromatic carbocycles. The molecular weight excluding hydrogens is 232 g/mol. The van der Waals surface area contributed by atoms with Crippen LogP contribution in [0.2, 0.25) is 0 Å². The number of carbonyl (C=O) groups is 1. The molecule has 96 valence electrons. The van der Waals surface area contributed by atoms with E-state index in [9.17, 15) is 4.79 Å². The van der Waals surface area contributed by atoms with Crippen LogP contribution in [0.4, 0.5) is 0 Å². The second-order valence-electron chi connectivity index (χ2n) is 4.13. The average Bonchev–Trinajstić information content (AvgIpc) is 2.98. The Morgan fingerprint density at radius 2 is 2.17 bits per heavy atom. The topological polar surface area (TPSA) is 72.6 Å². The summed E-state index contributed by atoms with van der Waals surface area (Å²) in [7, 11) is 1.72. The van der Waals surface area contributed by atoms with Gasteiger partial charge in [-0.05, 0) is 25.1 Å². The Hall–Kier alpha value is -2.01. The van der Waals surface area contributed by atoms with E-state index >= 15 is 0 Å². The fourth-order valence-electron chi connectivity index (χ4n) is 1.69. The van der Waals surface area contributed by atoms with Gasteiger partial charge in [-0.15, -0.1) is 0 Å². The van der Waals surface area contributed by atoms with Crippen molar-refractivity contribution in [3.63, 3.8) is 0 Å². The predicted octanol–water partition coefficient (Wildman–Crippen LogP) is 1.91. The smallest absolute Gasteiger partial charge is 0.289 e. The van der Waals surface area contributed by atoms with Crippen molar-refractivity contribution < 1.29 is 13.6 Å². The molecule has 0 saturated carbocycles. The van der Waals surface area contributed by atoms with Crippen molar-refractivity contribution in [1.82, 2.24) is 4.90 Å². The average molecular weight is 248 g/mol. The molecule has 0 radical (unpaired) electrons. The first kappa shape index (κ1) is 12.4. The Bertz CT molecular complexity index is 542. The van der Waals surface area contributed by atoms with Crippen molar-refractivity contribution in [1.29, 1.82) is 0 Å². The SMILES string of the molecule is Cc1occc1CN(C)C(=O)c1ccc(CN)o1. The van der Waals surface area contributed by atoms with Gasteiger partial charge in [0.2, 0.25) is 0 Å². The Kier molecular flexibility index (Phi) is 3.53. The van der Waals surface area contributed by atoms with Crippen molar-refractivity contribution in [2.24, 2.45) is 5.73 Å². The Balaban J connectivity index is 2.07. The Labute approximate surface area is 105 Å². The van der Waals surface area contributed by atoms with Crippen LogP contribution in [0.5, 0.6) is 0 Å². The molecule has 0 saturated heterocycles. The van der Waals surface area contributed by atoms with Crippen LogP contribution in [0.15, 0.2) is 33.3 Å². The molecule has 0 atom stereocenters. The summed E-state index contributed by atoms with van der Waals surface area (Å²) in [4.78, 5) is 13.7. The molecule has 0 bridgehead atoms.